The van der Waals surface area contributed by atoms with Gasteiger partial charge in [0.1, 0.15) is 0 Å². The van der Waals surface area contributed by atoms with Crippen LogP contribution in [0.1, 0.15) is 84.0 Å². The van der Waals surface area contributed by atoms with Gasteiger partial charge in [0, 0.05) is 6.42 Å². The lowest BCUT2D eigenvalue weighted by atomic mass is 10.1. The summed E-state index contributed by atoms with van der Waals surface area (Å²) in [6, 6.07) is 2.20. The van der Waals surface area contributed by atoms with Gasteiger partial charge in [0.05, 0.1) is 6.07 Å². The van der Waals surface area contributed by atoms with Gasteiger partial charge < -0.3 is 0 Å². The first-order chi connectivity index (χ1) is 8.41. The first kappa shape index (κ1) is 16.2. The molecule has 0 unspecified atom stereocenters. The van der Waals surface area contributed by atoms with E-state index in [4.69, 9.17) is 5.26 Å². The van der Waals surface area contributed by atoms with Crippen molar-refractivity contribution in [3.8, 4) is 6.07 Å². The molecule has 0 N–H and O–H groups in total. The van der Waals surface area contributed by atoms with Crippen molar-refractivity contribution in [3.05, 3.63) is 12.2 Å². The Labute approximate surface area is 108 Å². The molecule has 98 valence electrons. The highest BCUT2D eigenvalue weighted by Gasteiger charge is 1.89. The predicted molar refractivity (Wildman–Crippen MR) is 75.8 cm³/mol. The van der Waals surface area contributed by atoms with Crippen LogP contribution in [-0.2, 0) is 0 Å². The van der Waals surface area contributed by atoms with Crippen molar-refractivity contribution in [2.75, 3.05) is 0 Å². The molecular weight excluding hydrogens is 206 g/mol. The Morgan fingerprint density at radius 1 is 0.765 bits per heavy atom. The van der Waals surface area contributed by atoms with Crippen LogP contribution in [0.25, 0.3) is 0 Å². The Morgan fingerprint density at radius 2 is 1.29 bits per heavy atom. The second-order valence-corrected chi connectivity index (χ2v) is 4.79. The third-order valence-corrected chi connectivity index (χ3v) is 3.05. The minimum atomic E-state index is 0.734. The normalized spacial score (nSPS) is 10.8. The minimum Gasteiger partial charge on any atom is -0.198 e. The third kappa shape index (κ3) is 15.2. The maximum absolute atomic E-state index is 8.38. The molecule has 0 amide bonds. The van der Waals surface area contributed by atoms with Crippen LogP contribution in [0.15, 0.2) is 12.2 Å². The number of rotatable bonds is 12. The Bertz CT molecular complexity index is 200. The maximum atomic E-state index is 8.38. The summed E-state index contributed by atoms with van der Waals surface area (Å²) in [5, 5.41) is 8.38. The molecule has 0 saturated carbocycles. The number of nitrogens with zero attached hydrogens (tertiary/aromatic N) is 1. The average molecular weight is 235 g/mol. The summed E-state index contributed by atoms with van der Waals surface area (Å²) < 4.78 is 0. The van der Waals surface area contributed by atoms with Gasteiger partial charge in [-0.2, -0.15) is 5.26 Å². The van der Waals surface area contributed by atoms with E-state index in [0.717, 1.165) is 12.8 Å². The van der Waals surface area contributed by atoms with Crippen molar-refractivity contribution in [2.45, 2.75) is 84.0 Å². The fourth-order valence-corrected chi connectivity index (χ4v) is 1.92. The fourth-order valence-electron chi connectivity index (χ4n) is 1.92. The van der Waals surface area contributed by atoms with E-state index in [-0.39, 0.29) is 0 Å². The number of hydrogen-bond donors (Lipinski definition) is 0. The SMILES string of the molecule is CCCCCCC=CCCCCCCCC#N. The van der Waals surface area contributed by atoms with Crippen LogP contribution in [0.4, 0.5) is 0 Å². The van der Waals surface area contributed by atoms with Crippen molar-refractivity contribution in [2.24, 2.45) is 0 Å². The summed E-state index contributed by atoms with van der Waals surface area (Å²) in [5.41, 5.74) is 0. The molecule has 0 saturated heterocycles. The van der Waals surface area contributed by atoms with E-state index in [0.29, 0.717) is 0 Å². The largest absolute Gasteiger partial charge is 0.198 e. The Hall–Kier alpha value is -0.770. The van der Waals surface area contributed by atoms with Gasteiger partial charge >= 0.3 is 0 Å². The average Bonchev–Trinajstić information content (AvgIpc) is 2.35. The summed E-state index contributed by atoms with van der Waals surface area (Å²) >= 11 is 0. The topological polar surface area (TPSA) is 23.8 Å². The van der Waals surface area contributed by atoms with Crippen molar-refractivity contribution in [3.63, 3.8) is 0 Å². The van der Waals surface area contributed by atoms with E-state index < -0.39 is 0 Å². The van der Waals surface area contributed by atoms with E-state index in [9.17, 15) is 0 Å². The monoisotopic (exact) mass is 235 g/mol. The van der Waals surface area contributed by atoms with Gasteiger partial charge in [-0.3, -0.25) is 0 Å². The zero-order valence-corrected chi connectivity index (χ0v) is 11.6. The maximum Gasteiger partial charge on any atom is 0.0621 e. The molecule has 0 rings (SSSR count). The lowest BCUT2D eigenvalue weighted by Gasteiger charge is -1.97. The fraction of sp³-hybridized carbons (Fsp3) is 0.812. The van der Waals surface area contributed by atoms with Crippen molar-refractivity contribution in [1.29, 1.82) is 5.26 Å². The molecule has 0 bridgehead atoms. The van der Waals surface area contributed by atoms with Gasteiger partial charge in [-0.05, 0) is 32.1 Å². The molecule has 0 radical (unpaired) electrons. The molecule has 0 aromatic carbocycles. The molecule has 0 spiro atoms. The van der Waals surface area contributed by atoms with E-state index in [1.165, 1.54) is 64.2 Å². The number of nitriles is 1. The van der Waals surface area contributed by atoms with Gasteiger partial charge in [0.15, 0.2) is 0 Å². The second-order valence-electron chi connectivity index (χ2n) is 4.79. The summed E-state index contributed by atoms with van der Waals surface area (Å²) in [5.74, 6) is 0. The van der Waals surface area contributed by atoms with E-state index in [2.05, 4.69) is 25.1 Å². The quantitative estimate of drug-likeness (QED) is 0.311. The molecule has 0 aliphatic carbocycles. The molecule has 1 nitrogen and oxygen atoms in total. The highest BCUT2D eigenvalue weighted by Crippen LogP contribution is 2.08. The molecule has 0 atom stereocenters. The van der Waals surface area contributed by atoms with Crippen LogP contribution in [-0.4, -0.2) is 0 Å². The molecule has 0 aromatic rings. The highest BCUT2D eigenvalue weighted by atomic mass is 14.2. The molecule has 0 heterocycles. The zero-order chi connectivity index (χ0) is 12.6. The lowest BCUT2D eigenvalue weighted by molar-refractivity contribution is 0.623. The van der Waals surface area contributed by atoms with Gasteiger partial charge in [-0.15, -0.1) is 0 Å². The van der Waals surface area contributed by atoms with Gasteiger partial charge in [0.25, 0.3) is 0 Å². The van der Waals surface area contributed by atoms with Gasteiger partial charge in [-0.25, -0.2) is 0 Å². The van der Waals surface area contributed by atoms with Crippen LogP contribution in [0, 0.1) is 11.3 Å². The molecule has 1 heteroatoms. The summed E-state index contributed by atoms with van der Waals surface area (Å²) in [6.07, 6.45) is 19.7. The Balaban J connectivity index is 3.01. The van der Waals surface area contributed by atoms with Crippen LogP contribution in [0.5, 0.6) is 0 Å². The Morgan fingerprint density at radius 3 is 1.88 bits per heavy atom. The van der Waals surface area contributed by atoms with Gasteiger partial charge in [-0.1, -0.05) is 57.6 Å². The summed E-state index contributed by atoms with van der Waals surface area (Å²) in [4.78, 5) is 0. The number of allylic oxidation sites excluding steroid dienone is 2. The van der Waals surface area contributed by atoms with E-state index in [1.807, 2.05) is 0 Å². The van der Waals surface area contributed by atoms with Crippen LogP contribution >= 0.6 is 0 Å². The molecule has 0 aliphatic heterocycles. The first-order valence-electron chi connectivity index (χ1n) is 7.43. The predicted octanol–water partition coefficient (Wildman–Crippen LogP) is 5.77. The molecule has 0 aromatic heterocycles. The van der Waals surface area contributed by atoms with Gasteiger partial charge in [0.2, 0.25) is 0 Å². The van der Waals surface area contributed by atoms with Crippen molar-refractivity contribution < 1.29 is 0 Å². The van der Waals surface area contributed by atoms with Crippen LogP contribution in [0.2, 0.25) is 0 Å². The zero-order valence-electron chi connectivity index (χ0n) is 11.6. The summed E-state index contributed by atoms with van der Waals surface area (Å²) in [6.45, 7) is 2.26. The first-order valence-corrected chi connectivity index (χ1v) is 7.43. The second kappa shape index (κ2) is 15.2. The standard InChI is InChI=1S/C16H29N/c1-2-3-4-5-6-7-8-9-10-11-12-13-14-15-16-17/h7-8H,2-6,9-15H2,1H3. The smallest absolute Gasteiger partial charge is 0.0621 e. The van der Waals surface area contributed by atoms with Crippen molar-refractivity contribution in [1.82, 2.24) is 0 Å². The number of unbranched alkanes of at least 4 members (excludes halogenated alkanes) is 10. The molecule has 0 aliphatic rings. The van der Waals surface area contributed by atoms with Crippen molar-refractivity contribution >= 4 is 0 Å². The Kier molecular flexibility index (Phi) is 14.5. The third-order valence-electron chi connectivity index (χ3n) is 3.05. The lowest BCUT2D eigenvalue weighted by Crippen LogP contribution is -1.78. The summed E-state index contributed by atoms with van der Waals surface area (Å²) in [7, 11) is 0. The molecule has 0 fully saturated rings. The number of hydrogen-bond acceptors (Lipinski definition) is 1. The minimum absolute atomic E-state index is 0.734. The molecular formula is C16H29N. The van der Waals surface area contributed by atoms with Crippen LogP contribution in [0.3, 0.4) is 0 Å². The van der Waals surface area contributed by atoms with Crippen LogP contribution < -0.4 is 0 Å². The van der Waals surface area contributed by atoms with E-state index in [1.54, 1.807) is 0 Å². The highest BCUT2D eigenvalue weighted by molar-refractivity contribution is 4.81. The van der Waals surface area contributed by atoms with E-state index >= 15 is 0 Å². The molecule has 17 heavy (non-hydrogen) atoms.